The molecule has 2 aromatic rings. The number of aromatic nitrogens is 3. The second-order valence-electron chi connectivity index (χ2n) is 6.18. The highest BCUT2D eigenvalue weighted by Crippen LogP contribution is 2.30. The fraction of sp³-hybridized carbons (Fsp3) is 0.421. The van der Waals surface area contributed by atoms with Crippen LogP contribution in [-0.4, -0.2) is 33.8 Å². The second-order valence-corrected chi connectivity index (χ2v) is 6.18. The Hall–Kier alpha value is -2.11. The van der Waals surface area contributed by atoms with E-state index in [1.165, 1.54) is 6.07 Å². The van der Waals surface area contributed by atoms with Crippen LogP contribution in [0.15, 0.2) is 48.2 Å². The number of alkyl halides is 3. The van der Waals surface area contributed by atoms with Gasteiger partial charge in [0, 0.05) is 19.5 Å². The van der Waals surface area contributed by atoms with E-state index in [0.717, 1.165) is 24.4 Å². The van der Waals surface area contributed by atoms with Gasteiger partial charge in [-0.2, -0.15) is 13.2 Å². The van der Waals surface area contributed by atoms with Gasteiger partial charge in [0.1, 0.15) is 12.2 Å². The first-order valence-corrected chi connectivity index (χ1v) is 9.04. The average molecular weight is 522 g/mol. The summed E-state index contributed by atoms with van der Waals surface area (Å²) in [7, 11) is 0. The first-order chi connectivity index (χ1) is 13.3. The molecule has 0 saturated carbocycles. The zero-order valence-electron chi connectivity index (χ0n) is 16.4. The monoisotopic (exact) mass is 522 g/mol. The Morgan fingerprint density at radius 3 is 2.79 bits per heavy atom. The van der Waals surface area contributed by atoms with Crippen molar-refractivity contribution in [2.24, 2.45) is 4.99 Å². The summed E-state index contributed by atoms with van der Waals surface area (Å²) in [6.07, 6.45) is -0.259. The van der Waals surface area contributed by atoms with E-state index in [9.17, 15) is 13.2 Å². The van der Waals surface area contributed by atoms with Gasteiger partial charge in [-0.3, -0.25) is 4.99 Å². The molecule has 0 aliphatic heterocycles. The molecular formula is C19H26F3IN6. The van der Waals surface area contributed by atoms with E-state index < -0.39 is 11.7 Å². The average Bonchev–Trinajstić information content (AvgIpc) is 3.12. The molecule has 0 saturated heterocycles. The highest BCUT2D eigenvalue weighted by molar-refractivity contribution is 14.0. The minimum Gasteiger partial charge on any atom is -0.353 e. The van der Waals surface area contributed by atoms with Crippen LogP contribution >= 0.6 is 24.0 Å². The molecule has 0 aliphatic carbocycles. The molecule has 6 nitrogen and oxygen atoms in total. The van der Waals surface area contributed by atoms with Crippen LogP contribution in [0, 0.1) is 0 Å². The summed E-state index contributed by atoms with van der Waals surface area (Å²) in [5, 5.41) is 14.1. The van der Waals surface area contributed by atoms with Gasteiger partial charge < -0.3 is 15.2 Å². The molecule has 0 spiro atoms. The number of aliphatic imine (C=N–C) groups is 1. The Labute approximate surface area is 185 Å². The Kier molecular flexibility index (Phi) is 10.1. The van der Waals surface area contributed by atoms with Crippen molar-refractivity contribution in [3.05, 3.63) is 60.2 Å². The smallest absolute Gasteiger partial charge is 0.353 e. The van der Waals surface area contributed by atoms with Crippen LogP contribution in [0.3, 0.4) is 0 Å². The number of rotatable bonds is 8. The molecule has 160 valence electrons. The number of benzene rings is 1. The zero-order valence-corrected chi connectivity index (χ0v) is 18.7. The van der Waals surface area contributed by atoms with Gasteiger partial charge in [-0.15, -0.1) is 40.8 Å². The minimum absolute atomic E-state index is 0. The normalized spacial score (nSPS) is 12.8. The summed E-state index contributed by atoms with van der Waals surface area (Å²) < 4.78 is 40.8. The Balaban J connectivity index is 0.00000420. The van der Waals surface area contributed by atoms with Crippen LogP contribution in [0.1, 0.15) is 36.8 Å². The Morgan fingerprint density at radius 1 is 1.38 bits per heavy atom. The van der Waals surface area contributed by atoms with E-state index in [2.05, 4.69) is 32.4 Å². The fourth-order valence-electron chi connectivity index (χ4n) is 2.60. The van der Waals surface area contributed by atoms with Gasteiger partial charge in [0.25, 0.3) is 0 Å². The van der Waals surface area contributed by atoms with Crippen molar-refractivity contribution in [1.82, 2.24) is 25.4 Å². The van der Waals surface area contributed by atoms with Gasteiger partial charge in [-0.1, -0.05) is 25.1 Å². The molecular weight excluding hydrogens is 496 g/mol. The first-order valence-electron chi connectivity index (χ1n) is 9.04. The van der Waals surface area contributed by atoms with E-state index in [1.807, 2.05) is 11.5 Å². The molecule has 0 amide bonds. The molecule has 1 unspecified atom stereocenters. The largest absolute Gasteiger partial charge is 0.416 e. The summed E-state index contributed by atoms with van der Waals surface area (Å²) in [4.78, 5) is 4.50. The lowest BCUT2D eigenvalue weighted by Crippen LogP contribution is -2.39. The maximum Gasteiger partial charge on any atom is 0.416 e. The quantitative estimate of drug-likeness (QED) is 0.239. The third kappa shape index (κ3) is 7.67. The number of halogens is 4. The summed E-state index contributed by atoms with van der Waals surface area (Å²) in [5.41, 5.74) is -0.147. The molecule has 1 atom stereocenters. The van der Waals surface area contributed by atoms with Crippen molar-refractivity contribution in [2.45, 2.75) is 39.0 Å². The minimum atomic E-state index is -4.37. The predicted octanol–water partition coefficient (Wildman–Crippen LogP) is 3.96. The second kappa shape index (κ2) is 11.8. The standard InChI is InChI=1S/C19H25F3N6.HI/c1-4-9-23-18(24-10-11-28-13-25-27-17(28)5-2)26-14(3)15-7-6-8-16(12-15)19(20,21)22;/h4,6-8,12-14H,1,5,9-11H2,2-3H3,(H2,23,24,26);1H. The number of nitrogens with zero attached hydrogens (tertiary/aromatic N) is 4. The Bertz CT molecular complexity index is 803. The summed E-state index contributed by atoms with van der Waals surface area (Å²) >= 11 is 0. The van der Waals surface area contributed by atoms with Crippen molar-refractivity contribution in [3.63, 3.8) is 0 Å². The number of nitrogens with one attached hydrogen (secondary N) is 2. The van der Waals surface area contributed by atoms with Crippen molar-refractivity contribution < 1.29 is 13.2 Å². The van der Waals surface area contributed by atoms with Crippen LogP contribution < -0.4 is 10.6 Å². The van der Waals surface area contributed by atoms with Crippen molar-refractivity contribution >= 4 is 29.9 Å². The third-order valence-corrected chi connectivity index (χ3v) is 4.10. The maximum absolute atomic E-state index is 12.9. The maximum atomic E-state index is 12.9. The number of guanidine groups is 1. The zero-order chi connectivity index (χ0) is 20.6. The van der Waals surface area contributed by atoms with Crippen LogP contribution in [0.2, 0.25) is 0 Å². The van der Waals surface area contributed by atoms with Crippen LogP contribution in [0.25, 0.3) is 0 Å². The predicted molar refractivity (Wildman–Crippen MR) is 118 cm³/mol. The van der Waals surface area contributed by atoms with Gasteiger partial charge >= 0.3 is 6.18 Å². The molecule has 29 heavy (non-hydrogen) atoms. The topological polar surface area (TPSA) is 67.1 Å². The lowest BCUT2D eigenvalue weighted by molar-refractivity contribution is -0.137. The first kappa shape index (κ1) is 24.9. The molecule has 2 rings (SSSR count). The van der Waals surface area contributed by atoms with Gasteiger partial charge in [0.15, 0.2) is 5.96 Å². The molecule has 10 heteroatoms. The molecule has 0 bridgehead atoms. The molecule has 0 fully saturated rings. The van der Waals surface area contributed by atoms with Gasteiger partial charge in [-0.25, -0.2) is 0 Å². The molecule has 2 N–H and O–H groups in total. The van der Waals surface area contributed by atoms with Crippen LogP contribution in [-0.2, 0) is 19.1 Å². The molecule has 0 radical (unpaired) electrons. The van der Waals surface area contributed by atoms with E-state index in [-0.39, 0.29) is 30.0 Å². The van der Waals surface area contributed by atoms with Crippen LogP contribution in [0.4, 0.5) is 13.2 Å². The van der Waals surface area contributed by atoms with Gasteiger partial charge in [0.05, 0.1) is 18.2 Å². The lowest BCUT2D eigenvalue weighted by atomic mass is 10.1. The SMILES string of the molecule is C=CCNC(=NCCn1cnnc1CC)NC(C)c1cccc(C(F)(F)F)c1.I. The van der Waals surface area contributed by atoms with Crippen LogP contribution in [0.5, 0.6) is 0 Å². The van der Waals surface area contributed by atoms with Crippen molar-refractivity contribution in [3.8, 4) is 0 Å². The van der Waals surface area contributed by atoms with Gasteiger partial charge in [-0.05, 0) is 24.6 Å². The van der Waals surface area contributed by atoms with E-state index >= 15 is 0 Å². The Morgan fingerprint density at radius 2 is 2.14 bits per heavy atom. The summed E-state index contributed by atoms with van der Waals surface area (Å²) in [6, 6.07) is 4.91. The van der Waals surface area contributed by atoms with E-state index in [0.29, 0.717) is 31.2 Å². The lowest BCUT2D eigenvalue weighted by Gasteiger charge is -2.19. The highest BCUT2D eigenvalue weighted by Gasteiger charge is 2.30. The van der Waals surface area contributed by atoms with Crippen molar-refractivity contribution in [1.29, 1.82) is 0 Å². The number of hydrogen-bond donors (Lipinski definition) is 2. The molecule has 0 aliphatic rings. The summed E-state index contributed by atoms with van der Waals surface area (Å²) in [6.45, 7) is 9.00. The fourth-order valence-corrected chi connectivity index (χ4v) is 2.60. The number of hydrogen-bond acceptors (Lipinski definition) is 3. The molecule has 1 heterocycles. The summed E-state index contributed by atoms with van der Waals surface area (Å²) in [5.74, 6) is 1.37. The van der Waals surface area contributed by atoms with E-state index in [4.69, 9.17) is 0 Å². The number of aryl methyl sites for hydroxylation is 1. The van der Waals surface area contributed by atoms with Gasteiger partial charge in [0.2, 0.25) is 0 Å². The molecule has 1 aromatic heterocycles. The molecule has 1 aromatic carbocycles. The van der Waals surface area contributed by atoms with E-state index in [1.54, 1.807) is 25.4 Å². The van der Waals surface area contributed by atoms with Crippen molar-refractivity contribution in [2.75, 3.05) is 13.1 Å². The highest BCUT2D eigenvalue weighted by atomic mass is 127. The third-order valence-electron chi connectivity index (χ3n) is 4.10.